The lowest BCUT2D eigenvalue weighted by atomic mass is 9.91. The van der Waals surface area contributed by atoms with Crippen molar-refractivity contribution < 1.29 is 42.4 Å². The smallest absolute Gasteiger partial charge is 0.241 e. The lowest BCUT2D eigenvalue weighted by Gasteiger charge is -2.41. The molecule has 17 heteroatoms. The van der Waals surface area contributed by atoms with Gasteiger partial charge in [-0.2, -0.15) is 0 Å². The lowest BCUT2D eigenvalue weighted by Crippen LogP contribution is -2.60. The van der Waals surface area contributed by atoms with E-state index in [1.54, 1.807) is 18.3 Å². The van der Waals surface area contributed by atoms with E-state index in [9.17, 15) is 14.0 Å². The highest BCUT2D eigenvalue weighted by Gasteiger charge is 2.41. The molecule has 16 nitrogen and oxygen atoms in total. The van der Waals surface area contributed by atoms with Crippen LogP contribution in [0.1, 0.15) is 49.1 Å². The molecule has 3 atom stereocenters. The number of ether oxygens (including phenoxy) is 6. The molecule has 3 aromatic carbocycles. The molecule has 0 bridgehead atoms. The van der Waals surface area contributed by atoms with Crippen LogP contribution < -0.4 is 20.9 Å². The van der Waals surface area contributed by atoms with Gasteiger partial charge in [0.1, 0.15) is 5.82 Å². The summed E-state index contributed by atoms with van der Waals surface area (Å²) in [6, 6.07) is 26.6. The Hall–Kier alpha value is -5.31. The number of carbonyl (C=O) groups is 2. The summed E-state index contributed by atoms with van der Waals surface area (Å²) in [5.74, 6) is -0.619. The molecular formula is C57H77FN8O8. The van der Waals surface area contributed by atoms with Crippen LogP contribution in [0.25, 0.3) is 10.8 Å². The number of likely N-dealkylation sites (N-methyl/N-ethyl adjacent to an activating group) is 1. The van der Waals surface area contributed by atoms with E-state index in [0.717, 1.165) is 70.7 Å². The van der Waals surface area contributed by atoms with Gasteiger partial charge in [0, 0.05) is 93.0 Å². The Morgan fingerprint density at radius 2 is 1.46 bits per heavy atom. The molecule has 400 valence electrons. The van der Waals surface area contributed by atoms with Crippen LogP contribution in [-0.4, -0.2) is 182 Å². The average molecular weight is 1020 g/mol. The Kier molecular flexibility index (Phi) is 22.6. The van der Waals surface area contributed by atoms with Gasteiger partial charge >= 0.3 is 0 Å². The first-order valence-electron chi connectivity index (χ1n) is 26.1. The molecule has 1 saturated heterocycles. The van der Waals surface area contributed by atoms with Crippen molar-refractivity contribution in [2.45, 2.75) is 50.6 Å². The predicted molar refractivity (Wildman–Crippen MR) is 286 cm³/mol. The van der Waals surface area contributed by atoms with Crippen LogP contribution in [0, 0.1) is 5.82 Å². The first-order chi connectivity index (χ1) is 36.0. The van der Waals surface area contributed by atoms with E-state index in [-0.39, 0.29) is 41.0 Å². The van der Waals surface area contributed by atoms with E-state index < -0.39 is 0 Å². The number of hydrogen-bond acceptors (Lipinski definition) is 14. The number of amides is 2. The summed E-state index contributed by atoms with van der Waals surface area (Å²) >= 11 is 0. The van der Waals surface area contributed by atoms with E-state index in [2.05, 4.69) is 64.6 Å². The molecule has 0 spiro atoms. The van der Waals surface area contributed by atoms with Gasteiger partial charge in [0.15, 0.2) is 0 Å². The molecule has 2 aliphatic heterocycles. The van der Waals surface area contributed by atoms with Gasteiger partial charge < -0.3 is 54.2 Å². The number of halogens is 1. The van der Waals surface area contributed by atoms with Crippen molar-refractivity contribution in [3.8, 4) is 0 Å². The third-order valence-corrected chi connectivity index (χ3v) is 13.3. The number of hydrogen-bond donors (Lipinski definition) is 3. The molecule has 0 radical (unpaired) electrons. The third-order valence-electron chi connectivity index (χ3n) is 13.3. The van der Waals surface area contributed by atoms with Gasteiger partial charge in [0.2, 0.25) is 11.8 Å². The van der Waals surface area contributed by atoms with Gasteiger partial charge in [0.25, 0.3) is 0 Å². The summed E-state index contributed by atoms with van der Waals surface area (Å²) in [7, 11) is 2.09. The van der Waals surface area contributed by atoms with Crippen LogP contribution in [0.15, 0.2) is 104 Å². The maximum absolute atomic E-state index is 14.1. The molecule has 1 fully saturated rings. The highest BCUT2D eigenvalue weighted by atomic mass is 19.1. The second kappa shape index (κ2) is 29.7. The number of anilines is 2. The molecule has 4 heterocycles. The number of carbonyl (C=O) groups excluding carboxylic acids is 2. The summed E-state index contributed by atoms with van der Waals surface area (Å²) in [5.41, 5.74) is 5.23. The van der Waals surface area contributed by atoms with E-state index in [4.69, 9.17) is 33.4 Å². The molecule has 74 heavy (non-hydrogen) atoms. The Morgan fingerprint density at radius 1 is 0.797 bits per heavy atom. The molecule has 2 aliphatic rings. The fourth-order valence-electron chi connectivity index (χ4n) is 9.30. The lowest BCUT2D eigenvalue weighted by molar-refractivity contribution is -0.121. The number of nitrogens with zero attached hydrogens (tertiary/aromatic N) is 5. The van der Waals surface area contributed by atoms with E-state index >= 15 is 0 Å². The summed E-state index contributed by atoms with van der Waals surface area (Å²) < 4.78 is 47.7. The highest BCUT2D eigenvalue weighted by molar-refractivity contribution is 5.98. The summed E-state index contributed by atoms with van der Waals surface area (Å²) in [4.78, 5) is 43.0. The van der Waals surface area contributed by atoms with Crippen molar-refractivity contribution >= 4 is 34.0 Å². The van der Waals surface area contributed by atoms with Crippen LogP contribution in [0.3, 0.4) is 0 Å². The fourth-order valence-corrected chi connectivity index (χ4v) is 9.30. The fraction of sp³-hybridized carbons (Fsp3) is 0.509. The Balaban J connectivity index is 0.662. The Labute approximate surface area is 436 Å². The van der Waals surface area contributed by atoms with Crippen molar-refractivity contribution in [3.63, 3.8) is 0 Å². The van der Waals surface area contributed by atoms with Crippen LogP contribution in [0.2, 0.25) is 0 Å². The first kappa shape index (κ1) is 56.4. The maximum Gasteiger partial charge on any atom is 0.241 e. The minimum absolute atomic E-state index is 0.0751. The number of pyridine rings is 2. The van der Waals surface area contributed by atoms with Crippen molar-refractivity contribution in [1.82, 2.24) is 30.4 Å². The SMILES string of the molecule is C[C@@H]1CN(CC(=O)N2CC(C)(C)c3ncc(Cc4ccc(F)cc4)cc32)[C@@H](CN(C)CCOCCOCCOCCOCCOCCOCCNC[C@@H](C(=O)Nc2ccc3cnccc3c2)c2ccccc2)CN1. The maximum atomic E-state index is 14.1. The number of rotatable bonds is 32. The van der Waals surface area contributed by atoms with Crippen LogP contribution in [0.4, 0.5) is 15.8 Å². The van der Waals surface area contributed by atoms with Gasteiger partial charge in [-0.05, 0) is 78.9 Å². The number of benzene rings is 3. The molecule has 0 saturated carbocycles. The second-order valence-corrected chi connectivity index (χ2v) is 19.8. The van der Waals surface area contributed by atoms with Gasteiger partial charge in [-0.15, -0.1) is 0 Å². The topological polar surface area (TPSA) is 161 Å². The summed E-state index contributed by atoms with van der Waals surface area (Å²) in [6.45, 7) is 17.4. The largest absolute Gasteiger partial charge is 0.378 e. The zero-order valence-corrected chi connectivity index (χ0v) is 43.8. The Bertz CT molecular complexity index is 2470. The van der Waals surface area contributed by atoms with Crippen LogP contribution >= 0.6 is 0 Å². The van der Waals surface area contributed by atoms with E-state index in [1.807, 2.05) is 71.9 Å². The molecule has 3 N–H and O–H groups in total. The van der Waals surface area contributed by atoms with Crippen LogP contribution in [0.5, 0.6) is 0 Å². The standard InChI is InChI=1S/C57H77FN8O8/c1-43-39-65(41-54(67)66-42-57(2,3)55-53(66)33-45(35-62-55)32-44-10-13-49(58)14-11-44)51(37-61-43)40-64(4)19-21-70-23-25-72-27-29-74-31-30-73-28-26-71-24-22-69-20-18-60-38-52(46-8-6-5-7-9-46)56(68)63-50-15-12-48-36-59-17-16-47(48)34-50/h5-17,33-36,43,51-52,60-61H,18-32,37-42H2,1-4H3,(H,63,68)/t43-,51-,52-/m1/s1. The van der Waals surface area contributed by atoms with Gasteiger partial charge in [0.05, 0.1) is 103 Å². The van der Waals surface area contributed by atoms with Gasteiger partial charge in [-0.25, -0.2) is 4.39 Å². The Morgan fingerprint density at radius 3 is 2.15 bits per heavy atom. The molecule has 7 rings (SSSR count). The van der Waals surface area contributed by atoms with Crippen molar-refractivity contribution in [3.05, 3.63) is 132 Å². The summed E-state index contributed by atoms with van der Waals surface area (Å²) in [6.07, 6.45) is 6.06. The number of fused-ring (bicyclic) bond motifs is 2. The van der Waals surface area contributed by atoms with E-state index in [0.29, 0.717) is 112 Å². The minimum atomic E-state index is -0.366. The monoisotopic (exact) mass is 1020 g/mol. The van der Waals surface area contributed by atoms with Gasteiger partial charge in [-0.1, -0.05) is 62.4 Å². The van der Waals surface area contributed by atoms with Gasteiger partial charge in [-0.3, -0.25) is 24.5 Å². The molecular weight excluding hydrogens is 944 g/mol. The molecule has 2 amide bonds. The van der Waals surface area contributed by atoms with Crippen molar-refractivity contribution in [2.75, 3.05) is 149 Å². The highest BCUT2D eigenvalue weighted by Crippen LogP contribution is 2.40. The normalized spacial score (nSPS) is 17.0. The number of nitrogens with one attached hydrogen (secondary N) is 3. The molecule has 2 aromatic heterocycles. The molecule has 5 aromatic rings. The quantitative estimate of drug-likeness (QED) is 0.0451. The van der Waals surface area contributed by atoms with E-state index in [1.165, 1.54) is 12.1 Å². The zero-order valence-electron chi connectivity index (χ0n) is 43.8. The molecule has 0 unspecified atom stereocenters. The molecule has 0 aliphatic carbocycles. The number of aromatic nitrogens is 2. The zero-order chi connectivity index (χ0) is 52.0. The minimum Gasteiger partial charge on any atom is -0.378 e. The number of piperazine rings is 1. The second-order valence-electron chi connectivity index (χ2n) is 19.8. The average Bonchev–Trinajstić information content (AvgIpc) is 3.67. The summed E-state index contributed by atoms with van der Waals surface area (Å²) in [5, 5.41) is 12.1. The first-order valence-corrected chi connectivity index (χ1v) is 26.1. The van der Waals surface area contributed by atoms with Crippen molar-refractivity contribution in [1.29, 1.82) is 0 Å². The van der Waals surface area contributed by atoms with Crippen molar-refractivity contribution in [2.24, 2.45) is 0 Å². The van der Waals surface area contributed by atoms with Crippen LogP contribution in [-0.2, 0) is 49.8 Å². The third kappa shape index (κ3) is 17.9. The predicted octanol–water partition coefficient (Wildman–Crippen LogP) is 5.69.